The maximum atomic E-state index is 12.5. The van der Waals surface area contributed by atoms with Gasteiger partial charge in [0.2, 0.25) is 11.8 Å². The van der Waals surface area contributed by atoms with Crippen molar-refractivity contribution in [2.75, 3.05) is 45.9 Å². The number of nitrogens with zero attached hydrogens (tertiary/aromatic N) is 4. The second kappa shape index (κ2) is 9.14. The summed E-state index contributed by atoms with van der Waals surface area (Å²) in [5.41, 5.74) is 0.982. The van der Waals surface area contributed by atoms with Gasteiger partial charge in [0.1, 0.15) is 0 Å². The molecule has 0 spiro atoms. The van der Waals surface area contributed by atoms with Gasteiger partial charge in [0, 0.05) is 64.5 Å². The van der Waals surface area contributed by atoms with Crippen molar-refractivity contribution in [3.63, 3.8) is 0 Å². The SMILES string of the molecule is Cn1cc(CNC(=O)[C@H]2CCC(=O)N(CCCN3CCOCC3)C2)cn1. The largest absolute Gasteiger partial charge is 0.379 e. The monoisotopic (exact) mass is 363 g/mol. The molecule has 1 aromatic rings. The Kier molecular flexibility index (Phi) is 6.62. The van der Waals surface area contributed by atoms with E-state index in [0.717, 1.165) is 51.4 Å². The molecule has 8 nitrogen and oxygen atoms in total. The molecule has 1 aromatic heterocycles. The van der Waals surface area contributed by atoms with Crippen LogP contribution < -0.4 is 5.32 Å². The van der Waals surface area contributed by atoms with E-state index in [4.69, 9.17) is 4.74 Å². The van der Waals surface area contributed by atoms with E-state index in [1.54, 1.807) is 10.9 Å². The van der Waals surface area contributed by atoms with Crippen LogP contribution in [0.3, 0.4) is 0 Å². The smallest absolute Gasteiger partial charge is 0.225 e. The number of hydrogen-bond donors (Lipinski definition) is 1. The molecule has 0 saturated carbocycles. The molecule has 0 unspecified atom stereocenters. The van der Waals surface area contributed by atoms with Crippen molar-refractivity contribution >= 4 is 11.8 Å². The van der Waals surface area contributed by atoms with Gasteiger partial charge in [-0.1, -0.05) is 0 Å². The third kappa shape index (κ3) is 5.28. The predicted octanol–water partition coefficient (Wildman–Crippen LogP) is -0.00280. The summed E-state index contributed by atoms with van der Waals surface area (Å²) in [7, 11) is 1.85. The van der Waals surface area contributed by atoms with Gasteiger partial charge >= 0.3 is 0 Å². The summed E-state index contributed by atoms with van der Waals surface area (Å²) in [5.74, 6) is 0.0792. The number of likely N-dealkylation sites (tertiary alicyclic amines) is 1. The van der Waals surface area contributed by atoms with Gasteiger partial charge in [0.05, 0.1) is 25.3 Å². The number of ether oxygens (including phenoxy) is 1. The normalized spacial score (nSPS) is 21.8. The molecule has 0 aliphatic carbocycles. The summed E-state index contributed by atoms with van der Waals surface area (Å²) >= 11 is 0. The minimum absolute atomic E-state index is 0.0273. The summed E-state index contributed by atoms with van der Waals surface area (Å²) in [6, 6.07) is 0. The summed E-state index contributed by atoms with van der Waals surface area (Å²) in [4.78, 5) is 28.9. The molecule has 144 valence electrons. The summed E-state index contributed by atoms with van der Waals surface area (Å²) in [5, 5.41) is 7.07. The molecule has 0 aromatic carbocycles. The van der Waals surface area contributed by atoms with Gasteiger partial charge in [-0.3, -0.25) is 19.2 Å². The van der Waals surface area contributed by atoms with Crippen molar-refractivity contribution in [3.8, 4) is 0 Å². The molecule has 3 heterocycles. The van der Waals surface area contributed by atoms with Crippen LogP contribution in [-0.2, 0) is 27.9 Å². The van der Waals surface area contributed by atoms with Crippen LogP contribution in [0.4, 0.5) is 0 Å². The lowest BCUT2D eigenvalue weighted by Gasteiger charge is -2.33. The molecule has 2 fully saturated rings. The standard InChI is InChI=1S/C18H29N5O3/c1-21-13-15(12-20-21)11-19-18(25)16-3-4-17(24)23(14-16)6-2-5-22-7-9-26-10-8-22/h12-13,16H,2-11,14H2,1H3,(H,19,25)/t16-/m0/s1. The first-order valence-electron chi connectivity index (χ1n) is 9.45. The fraction of sp³-hybridized carbons (Fsp3) is 0.722. The molecule has 2 aliphatic heterocycles. The zero-order chi connectivity index (χ0) is 18.4. The van der Waals surface area contributed by atoms with Crippen LogP contribution in [0, 0.1) is 5.92 Å². The van der Waals surface area contributed by atoms with Crippen LogP contribution >= 0.6 is 0 Å². The third-order valence-electron chi connectivity index (χ3n) is 5.10. The van der Waals surface area contributed by atoms with E-state index in [9.17, 15) is 9.59 Å². The maximum absolute atomic E-state index is 12.5. The zero-order valence-electron chi connectivity index (χ0n) is 15.5. The van der Waals surface area contributed by atoms with Crippen LogP contribution in [0.5, 0.6) is 0 Å². The lowest BCUT2D eigenvalue weighted by atomic mass is 9.96. The maximum Gasteiger partial charge on any atom is 0.225 e. The summed E-state index contributed by atoms with van der Waals surface area (Å²) in [6.07, 6.45) is 5.68. The molecule has 3 rings (SSSR count). The van der Waals surface area contributed by atoms with Gasteiger partial charge in [-0.05, 0) is 12.8 Å². The van der Waals surface area contributed by atoms with Gasteiger partial charge in [-0.25, -0.2) is 0 Å². The van der Waals surface area contributed by atoms with Gasteiger partial charge in [0.25, 0.3) is 0 Å². The van der Waals surface area contributed by atoms with Crippen LogP contribution in [0.25, 0.3) is 0 Å². The highest BCUT2D eigenvalue weighted by atomic mass is 16.5. The van der Waals surface area contributed by atoms with Crippen molar-refractivity contribution in [3.05, 3.63) is 18.0 Å². The molecule has 2 saturated heterocycles. The molecule has 1 N–H and O–H groups in total. The first-order valence-corrected chi connectivity index (χ1v) is 9.45. The molecule has 1 atom stereocenters. The van der Waals surface area contributed by atoms with Gasteiger partial charge in [-0.15, -0.1) is 0 Å². The lowest BCUT2D eigenvalue weighted by molar-refractivity contribution is -0.138. The Hall–Kier alpha value is -1.93. The van der Waals surface area contributed by atoms with E-state index in [0.29, 0.717) is 25.9 Å². The van der Waals surface area contributed by atoms with E-state index < -0.39 is 0 Å². The molecule has 2 aliphatic rings. The first kappa shape index (κ1) is 18.8. The predicted molar refractivity (Wildman–Crippen MR) is 96.2 cm³/mol. The van der Waals surface area contributed by atoms with Crippen LogP contribution in [0.1, 0.15) is 24.8 Å². The molecule has 8 heteroatoms. The molecular formula is C18H29N5O3. The first-order chi connectivity index (χ1) is 12.6. The van der Waals surface area contributed by atoms with Gasteiger partial charge in [0.15, 0.2) is 0 Å². The Morgan fingerprint density at radius 2 is 2.15 bits per heavy atom. The van der Waals surface area contributed by atoms with E-state index in [-0.39, 0.29) is 17.7 Å². The van der Waals surface area contributed by atoms with E-state index in [1.165, 1.54) is 0 Å². The van der Waals surface area contributed by atoms with Gasteiger partial charge in [-0.2, -0.15) is 5.10 Å². The number of aromatic nitrogens is 2. The van der Waals surface area contributed by atoms with Crippen LogP contribution in [0.15, 0.2) is 12.4 Å². The number of carbonyl (C=O) groups excluding carboxylic acids is 2. The second-order valence-corrected chi connectivity index (χ2v) is 7.12. The topological polar surface area (TPSA) is 79.7 Å². The molecule has 0 bridgehead atoms. The summed E-state index contributed by atoms with van der Waals surface area (Å²) in [6.45, 7) is 6.23. The number of piperidine rings is 1. The Bertz CT molecular complexity index is 612. The fourth-order valence-electron chi connectivity index (χ4n) is 3.55. The Labute approximate surface area is 154 Å². The highest BCUT2D eigenvalue weighted by Crippen LogP contribution is 2.18. The number of aryl methyl sites for hydroxylation is 1. The van der Waals surface area contributed by atoms with Crippen molar-refractivity contribution in [2.45, 2.75) is 25.8 Å². The minimum Gasteiger partial charge on any atom is -0.379 e. The fourth-order valence-corrected chi connectivity index (χ4v) is 3.55. The molecule has 26 heavy (non-hydrogen) atoms. The number of nitrogens with one attached hydrogen (secondary N) is 1. The van der Waals surface area contributed by atoms with Crippen LogP contribution in [-0.4, -0.2) is 77.3 Å². The number of rotatable bonds is 7. The number of hydrogen-bond acceptors (Lipinski definition) is 5. The minimum atomic E-state index is -0.118. The molecular weight excluding hydrogens is 334 g/mol. The third-order valence-corrected chi connectivity index (χ3v) is 5.10. The Morgan fingerprint density at radius 3 is 2.88 bits per heavy atom. The van der Waals surface area contributed by atoms with Gasteiger partial charge < -0.3 is 15.0 Å². The molecule has 0 radical (unpaired) electrons. The van der Waals surface area contributed by atoms with E-state index in [1.807, 2.05) is 18.1 Å². The second-order valence-electron chi connectivity index (χ2n) is 7.12. The van der Waals surface area contributed by atoms with Crippen molar-refractivity contribution in [2.24, 2.45) is 13.0 Å². The van der Waals surface area contributed by atoms with Crippen molar-refractivity contribution in [1.82, 2.24) is 24.9 Å². The van der Waals surface area contributed by atoms with Crippen molar-refractivity contribution in [1.29, 1.82) is 0 Å². The Balaban J connectivity index is 1.41. The quantitative estimate of drug-likeness (QED) is 0.738. The van der Waals surface area contributed by atoms with E-state index >= 15 is 0 Å². The average Bonchev–Trinajstić information content (AvgIpc) is 3.07. The lowest BCUT2D eigenvalue weighted by Crippen LogP contribution is -2.46. The number of morpholine rings is 1. The average molecular weight is 363 g/mol. The highest BCUT2D eigenvalue weighted by molar-refractivity contribution is 5.83. The van der Waals surface area contributed by atoms with E-state index in [2.05, 4.69) is 15.3 Å². The highest BCUT2D eigenvalue weighted by Gasteiger charge is 2.29. The zero-order valence-corrected chi connectivity index (χ0v) is 15.5. The van der Waals surface area contributed by atoms with Crippen molar-refractivity contribution < 1.29 is 14.3 Å². The molecule has 2 amide bonds. The number of amides is 2. The van der Waals surface area contributed by atoms with Crippen LogP contribution in [0.2, 0.25) is 0 Å². The summed E-state index contributed by atoms with van der Waals surface area (Å²) < 4.78 is 7.07. The number of carbonyl (C=O) groups is 2. The Morgan fingerprint density at radius 1 is 1.35 bits per heavy atom.